The van der Waals surface area contributed by atoms with Gasteiger partial charge < -0.3 is 9.47 Å². The molecular weight excluding hydrogens is 316 g/mol. The van der Waals surface area contributed by atoms with Gasteiger partial charge in [-0.15, -0.1) is 0 Å². The van der Waals surface area contributed by atoms with E-state index < -0.39 is 0 Å². The van der Waals surface area contributed by atoms with E-state index in [-0.39, 0.29) is 35.3 Å². The van der Waals surface area contributed by atoms with Crippen molar-refractivity contribution in [2.24, 2.45) is 17.3 Å². The number of esters is 2. The van der Waals surface area contributed by atoms with Crippen LogP contribution in [-0.2, 0) is 19.1 Å². The summed E-state index contributed by atoms with van der Waals surface area (Å²) in [5.74, 6) is -0.234. The minimum Gasteiger partial charge on any atom is -0.466 e. The Morgan fingerprint density at radius 1 is 1.28 bits per heavy atom. The minimum atomic E-state index is -0.332. The predicted octanol–water partition coefficient (Wildman–Crippen LogP) is 4.37. The molecule has 2 aliphatic carbocycles. The van der Waals surface area contributed by atoms with E-state index >= 15 is 0 Å². The topological polar surface area (TPSA) is 52.6 Å². The Hall–Kier alpha value is -1.84. The van der Waals surface area contributed by atoms with Crippen LogP contribution < -0.4 is 0 Å². The SMILES string of the molecule is C=C(C(=O)OC)C1CCC2(C)C(OC(=O)C(C)=CC)CCC(=C)C2C1. The fourth-order valence-corrected chi connectivity index (χ4v) is 4.32. The molecule has 0 amide bonds. The lowest BCUT2D eigenvalue weighted by atomic mass is 9.55. The van der Waals surface area contributed by atoms with E-state index in [1.54, 1.807) is 13.0 Å². The van der Waals surface area contributed by atoms with Gasteiger partial charge in [0.1, 0.15) is 6.10 Å². The molecule has 0 heterocycles. The third-order valence-corrected chi connectivity index (χ3v) is 6.25. The van der Waals surface area contributed by atoms with Gasteiger partial charge >= 0.3 is 11.9 Å². The summed E-state index contributed by atoms with van der Waals surface area (Å²) < 4.78 is 10.7. The summed E-state index contributed by atoms with van der Waals surface area (Å²) >= 11 is 0. The fourth-order valence-electron chi connectivity index (χ4n) is 4.32. The van der Waals surface area contributed by atoms with Crippen LogP contribution in [0.2, 0.25) is 0 Å². The number of hydrogen-bond donors (Lipinski definition) is 0. The van der Waals surface area contributed by atoms with Crippen LogP contribution in [0.5, 0.6) is 0 Å². The Labute approximate surface area is 151 Å². The average Bonchev–Trinajstić information content (AvgIpc) is 2.61. The largest absolute Gasteiger partial charge is 0.466 e. The summed E-state index contributed by atoms with van der Waals surface area (Å²) in [6, 6.07) is 0. The predicted molar refractivity (Wildman–Crippen MR) is 97.8 cm³/mol. The molecule has 0 bridgehead atoms. The van der Waals surface area contributed by atoms with Crippen LogP contribution in [0.25, 0.3) is 0 Å². The van der Waals surface area contributed by atoms with Gasteiger partial charge in [-0.25, -0.2) is 9.59 Å². The van der Waals surface area contributed by atoms with E-state index in [1.807, 2.05) is 6.92 Å². The molecule has 25 heavy (non-hydrogen) atoms. The standard InChI is InChI=1S/C21H30O4/c1-7-13(2)19(22)25-18-9-8-14(3)17-12-16(10-11-21(17,18)5)15(4)20(23)24-6/h7,16-18H,3-4,8-12H2,1-2,5-6H3. The fraction of sp³-hybridized carbons (Fsp3) is 0.619. The van der Waals surface area contributed by atoms with Crippen molar-refractivity contribution in [3.05, 3.63) is 36.0 Å². The van der Waals surface area contributed by atoms with Crippen molar-refractivity contribution < 1.29 is 19.1 Å². The van der Waals surface area contributed by atoms with Crippen molar-refractivity contribution in [2.75, 3.05) is 7.11 Å². The number of fused-ring (bicyclic) bond motifs is 1. The first kappa shape index (κ1) is 19.5. The van der Waals surface area contributed by atoms with E-state index in [0.29, 0.717) is 11.1 Å². The van der Waals surface area contributed by atoms with Gasteiger partial charge in [-0.3, -0.25) is 0 Å². The molecular formula is C21H30O4. The van der Waals surface area contributed by atoms with E-state index in [1.165, 1.54) is 12.7 Å². The molecule has 2 aliphatic rings. The van der Waals surface area contributed by atoms with Gasteiger partial charge in [-0.05, 0) is 57.8 Å². The van der Waals surface area contributed by atoms with Crippen LogP contribution in [0.3, 0.4) is 0 Å². The van der Waals surface area contributed by atoms with Gasteiger partial charge in [0.25, 0.3) is 0 Å². The summed E-state index contributed by atoms with van der Waals surface area (Å²) in [6.07, 6.45) is 5.88. The maximum absolute atomic E-state index is 12.3. The lowest BCUT2D eigenvalue weighted by Crippen LogP contribution is -2.49. The molecule has 4 unspecified atom stereocenters. The summed E-state index contributed by atoms with van der Waals surface area (Å²) in [6.45, 7) is 14.0. The molecule has 0 aromatic rings. The van der Waals surface area contributed by atoms with Gasteiger partial charge in [0.2, 0.25) is 0 Å². The molecule has 0 aliphatic heterocycles. The molecule has 2 saturated carbocycles. The maximum atomic E-state index is 12.3. The molecule has 2 rings (SSSR count). The van der Waals surface area contributed by atoms with E-state index in [0.717, 1.165) is 32.1 Å². The van der Waals surface area contributed by atoms with Crippen LogP contribution in [0.15, 0.2) is 36.0 Å². The summed E-state index contributed by atoms with van der Waals surface area (Å²) in [5.41, 5.74) is 2.24. The van der Waals surface area contributed by atoms with Gasteiger partial charge in [-0.2, -0.15) is 0 Å². The van der Waals surface area contributed by atoms with Crippen molar-refractivity contribution >= 4 is 11.9 Å². The second kappa shape index (κ2) is 7.59. The smallest absolute Gasteiger partial charge is 0.333 e. The minimum absolute atomic E-state index is 0.106. The quantitative estimate of drug-likeness (QED) is 0.431. The number of allylic oxidation sites excluding steroid dienone is 2. The number of hydrogen-bond acceptors (Lipinski definition) is 4. The molecule has 0 radical (unpaired) electrons. The zero-order valence-electron chi connectivity index (χ0n) is 15.9. The van der Waals surface area contributed by atoms with Crippen LogP contribution in [0.1, 0.15) is 52.9 Å². The molecule has 0 saturated heterocycles. The van der Waals surface area contributed by atoms with Gasteiger partial charge in [0.05, 0.1) is 7.11 Å². The number of carbonyl (C=O) groups excluding carboxylic acids is 2. The Morgan fingerprint density at radius 2 is 1.96 bits per heavy atom. The molecule has 4 heteroatoms. The zero-order valence-corrected chi connectivity index (χ0v) is 15.9. The second-order valence-corrected chi connectivity index (χ2v) is 7.61. The lowest BCUT2D eigenvalue weighted by Gasteiger charge is -2.52. The number of methoxy groups -OCH3 is 1. The van der Waals surface area contributed by atoms with E-state index in [9.17, 15) is 9.59 Å². The van der Waals surface area contributed by atoms with E-state index in [4.69, 9.17) is 9.47 Å². The number of rotatable bonds is 4. The van der Waals surface area contributed by atoms with Crippen LogP contribution in [-0.4, -0.2) is 25.2 Å². The molecule has 0 spiro atoms. The van der Waals surface area contributed by atoms with Crippen molar-refractivity contribution in [3.63, 3.8) is 0 Å². The summed E-state index contributed by atoms with van der Waals surface area (Å²) in [4.78, 5) is 24.1. The lowest BCUT2D eigenvalue weighted by molar-refractivity contribution is -0.158. The normalized spacial score (nSPS) is 32.6. The van der Waals surface area contributed by atoms with Gasteiger partial charge in [-0.1, -0.05) is 31.7 Å². The first-order chi connectivity index (χ1) is 11.7. The molecule has 4 atom stereocenters. The molecule has 0 aromatic carbocycles. The first-order valence-electron chi connectivity index (χ1n) is 9.03. The Balaban J connectivity index is 2.18. The van der Waals surface area contributed by atoms with Crippen LogP contribution in [0, 0.1) is 17.3 Å². The van der Waals surface area contributed by atoms with Crippen LogP contribution in [0.4, 0.5) is 0 Å². The van der Waals surface area contributed by atoms with Gasteiger partial charge in [0, 0.05) is 16.6 Å². The summed E-state index contributed by atoms with van der Waals surface area (Å²) in [5, 5.41) is 0. The summed E-state index contributed by atoms with van der Waals surface area (Å²) in [7, 11) is 1.39. The monoisotopic (exact) mass is 346 g/mol. The highest BCUT2D eigenvalue weighted by molar-refractivity contribution is 5.88. The highest BCUT2D eigenvalue weighted by atomic mass is 16.5. The van der Waals surface area contributed by atoms with Crippen molar-refractivity contribution in [1.82, 2.24) is 0 Å². The van der Waals surface area contributed by atoms with Crippen molar-refractivity contribution in [2.45, 2.75) is 59.0 Å². The van der Waals surface area contributed by atoms with Crippen molar-refractivity contribution in [3.8, 4) is 0 Å². The molecule has 0 aromatic heterocycles. The highest BCUT2D eigenvalue weighted by Crippen LogP contribution is 2.55. The Morgan fingerprint density at radius 3 is 2.56 bits per heavy atom. The number of carbonyl (C=O) groups is 2. The second-order valence-electron chi connectivity index (χ2n) is 7.61. The molecule has 4 nitrogen and oxygen atoms in total. The highest BCUT2D eigenvalue weighted by Gasteiger charge is 2.51. The molecule has 0 N–H and O–H groups in total. The molecule has 138 valence electrons. The first-order valence-corrected chi connectivity index (χ1v) is 9.03. The third kappa shape index (κ3) is 3.73. The van der Waals surface area contributed by atoms with Crippen LogP contribution >= 0.6 is 0 Å². The average molecular weight is 346 g/mol. The zero-order chi connectivity index (χ0) is 18.8. The third-order valence-electron chi connectivity index (χ3n) is 6.25. The Kier molecular flexibility index (Phi) is 5.91. The Bertz CT molecular complexity index is 615. The van der Waals surface area contributed by atoms with Crippen molar-refractivity contribution in [1.29, 1.82) is 0 Å². The number of ether oxygens (including phenoxy) is 2. The van der Waals surface area contributed by atoms with E-state index in [2.05, 4.69) is 20.1 Å². The maximum Gasteiger partial charge on any atom is 0.333 e. The molecule has 2 fully saturated rings. The van der Waals surface area contributed by atoms with Gasteiger partial charge in [0.15, 0.2) is 0 Å².